The molecule has 1 unspecified atom stereocenters. The molecule has 1 aromatic carbocycles. The van der Waals surface area contributed by atoms with E-state index in [1.807, 2.05) is 24.9 Å². The van der Waals surface area contributed by atoms with Gasteiger partial charge in [-0.25, -0.2) is 0 Å². The highest BCUT2D eigenvalue weighted by Crippen LogP contribution is 2.34. The molecule has 1 saturated heterocycles. The topological polar surface area (TPSA) is 45.7 Å². The number of hydrogen-bond acceptors (Lipinski definition) is 3. The summed E-state index contributed by atoms with van der Waals surface area (Å²) < 4.78 is 5.80. The molecule has 1 fully saturated rings. The molecule has 0 spiro atoms. The Morgan fingerprint density at radius 1 is 1.29 bits per heavy atom. The summed E-state index contributed by atoms with van der Waals surface area (Å²) in [4.78, 5) is 4.38. The zero-order valence-electron chi connectivity index (χ0n) is 14.9. The second kappa shape index (κ2) is 11.2. The zero-order valence-corrected chi connectivity index (χ0v) is 18.0. The lowest BCUT2D eigenvalue weighted by molar-refractivity contribution is 0.0782. The van der Waals surface area contributed by atoms with E-state index in [1.54, 1.807) is 0 Å². The standard InChI is InChI=1S/C18H29N3OS.HI/c1-4-23-18(10-12-22-13-11-18)14-20-17(19-3)21-15(2)16-8-6-5-7-9-16;/h5-9,15H,4,10-14H2,1-3H3,(H2,19,20,21);1H. The van der Waals surface area contributed by atoms with E-state index in [1.165, 1.54) is 5.56 Å². The molecule has 0 bridgehead atoms. The van der Waals surface area contributed by atoms with Crippen molar-refractivity contribution in [2.24, 2.45) is 4.99 Å². The van der Waals surface area contributed by atoms with Gasteiger partial charge in [-0.1, -0.05) is 37.3 Å². The number of hydrogen-bond donors (Lipinski definition) is 2. The van der Waals surface area contributed by atoms with Crippen LogP contribution in [0.15, 0.2) is 35.3 Å². The lowest BCUT2D eigenvalue weighted by Crippen LogP contribution is -2.48. The zero-order chi connectivity index (χ0) is 16.5. The quantitative estimate of drug-likeness (QED) is 0.383. The highest BCUT2D eigenvalue weighted by molar-refractivity contribution is 14.0. The summed E-state index contributed by atoms with van der Waals surface area (Å²) in [7, 11) is 1.83. The van der Waals surface area contributed by atoms with Gasteiger partial charge in [-0.15, -0.1) is 24.0 Å². The van der Waals surface area contributed by atoms with Crippen molar-refractivity contribution in [1.82, 2.24) is 10.6 Å². The number of rotatable bonds is 6. The predicted octanol–water partition coefficient (Wildman–Crippen LogP) is 3.83. The van der Waals surface area contributed by atoms with Crippen molar-refractivity contribution in [1.29, 1.82) is 0 Å². The summed E-state index contributed by atoms with van der Waals surface area (Å²) in [5.74, 6) is 2.00. The van der Waals surface area contributed by atoms with Gasteiger partial charge in [0.1, 0.15) is 0 Å². The molecule has 0 saturated carbocycles. The van der Waals surface area contributed by atoms with Crippen LogP contribution in [-0.2, 0) is 4.74 Å². The summed E-state index contributed by atoms with van der Waals surface area (Å²) in [6.45, 7) is 7.04. The number of halogens is 1. The first-order valence-corrected chi connectivity index (χ1v) is 9.41. The Hall–Kier alpha value is -0.470. The normalized spacial score (nSPS) is 18.4. The SMILES string of the molecule is CCSC1(CNC(=NC)NC(C)c2ccccc2)CCOCC1.I. The summed E-state index contributed by atoms with van der Waals surface area (Å²) in [5, 5.41) is 7.01. The van der Waals surface area contributed by atoms with Crippen LogP contribution in [0.2, 0.25) is 0 Å². The maximum Gasteiger partial charge on any atom is 0.191 e. The molecule has 0 aliphatic carbocycles. The van der Waals surface area contributed by atoms with Crippen LogP contribution in [0.1, 0.15) is 38.3 Å². The number of nitrogens with one attached hydrogen (secondary N) is 2. The number of aliphatic imine (C=N–C) groups is 1. The molecule has 0 radical (unpaired) electrons. The van der Waals surface area contributed by atoms with E-state index in [4.69, 9.17) is 4.74 Å². The summed E-state index contributed by atoms with van der Waals surface area (Å²) >= 11 is 2.04. The molecular formula is C18H30IN3OS. The van der Waals surface area contributed by atoms with Gasteiger partial charge < -0.3 is 15.4 Å². The van der Waals surface area contributed by atoms with Crippen LogP contribution in [0.4, 0.5) is 0 Å². The van der Waals surface area contributed by atoms with Crippen LogP contribution in [0.5, 0.6) is 0 Å². The van der Waals surface area contributed by atoms with Crippen molar-refractivity contribution in [2.75, 3.05) is 32.6 Å². The van der Waals surface area contributed by atoms with Crippen LogP contribution in [0.3, 0.4) is 0 Å². The highest BCUT2D eigenvalue weighted by Gasteiger charge is 2.32. The smallest absolute Gasteiger partial charge is 0.191 e. The van der Waals surface area contributed by atoms with E-state index >= 15 is 0 Å². The van der Waals surface area contributed by atoms with Crippen LogP contribution >= 0.6 is 35.7 Å². The van der Waals surface area contributed by atoms with Gasteiger partial charge in [0.25, 0.3) is 0 Å². The second-order valence-electron chi connectivity index (χ2n) is 5.93. The van der Waals surface area contributed by atoms with Gasteiger partial charge in [-0.2, -0.15) is 11.8 Å². The second-order valence-corrected chi connectivity index (χ2v) is 7.66. The third kappa shape index (κ3) is 6.44. The van der Waals surface area contributed by atoms with Gasteiger partial charge in [0.2, 0.25) is 0 Å². The van der Waals surface area contributed by atoms with Crippen molar-refractivity contribution in [3.63, 3.8) is 0 Å². The van der Waals surface area contributed by atoms with E-state index in [9.17, 15) is 0 Å². The highest BCUT2D eigenvalue weighted by atomic mass is 127. The first-order chi connectivity index (χ1) is 11.2. The molecule has 1 aromatic rings. The average Bonchev–Trinajstić information content (AvgIpc) is 2.60. The van der Waals surface area contributed by atoms with Gasteiger partial charge >= 0.3 is 0 Å². The molecular weight excluding hydrogens is 433 g/mol. The van der Waals surface area contributed by atoms with E-state index in [-0.39, 0.29) is 34.8 Å². The van der Waals surface area contributed by atoms with Crippen LogP contribution < -0.4 is 10.6 Å². The van der Waals surface area contributed by atoms with Crippen LogP contribution in [0.25, 0.3) is 0 Å². The number of nitrogens with zero attached hydrogens (tertiary/aromatic N) is 1. The van der Waals surface area contributed by atoms with Gasteiger partial charge in [0.15, 0.2) is 5.96 Å². The molecule has 136 valence electrons. The molecule has 24 heavy (non-hydrogen) atoms. The largest absolute Gasteiger partial charge is 0.381 e. The molecule has 1 aliphatic rings. The summed E-state index contributed by atoms with van der Waals surface area (Å²) in [6.07, 6.45) is 2.20. The third-order valence-corrected chi connectivity index (χ3v) is 5.76. The summed E-state index contributed by atoms with van der Waals surface area (Å²) in [5.41, 5.74) is 1.26. The Balaban J connectivity index is 0.00000288. The molecule has 0 amide bonds. The van der Waals surface area contributed by atoms with Crippen molar-refractivity contribution >= 4 is 41.7 Å². The molecule has 2 rings (SSSR count). The fraction of sp³-hybridized carbons (Fsp3) is 0.611. The third-order valence-electron chi connectivity index (χ3n) is 4.31. The minimum absolute atomic E-state index is 0. The Morgan fingerprint density at radius 3 is 2.54 bits per heavy atom. The molecule has 1 heterocycles. The Morgan fingerprint density at radius 2 is 1.96 bits per heavy atom. The molecule has 1 aliphatic heterocycles. The van der Waals surface area contributed by atoms with Gasteiger partial charge in [-0.05, 0) is 31.1 Å². The fourth-order valence-corrected chi connectivity index (χ4v) is 4.13. The molecule has 4 nitrogen and oxygen atoms in total. The first-order valence-electron chi connectivity index (χ1n) is 8.43. The van der Waals surface area contributed by atoms with E-state index in [2.05, 4.69) is 53.7 Å². The van der Waals surface area contributed by atoms with Crippen LogP contribution in [0, 0.1) is 0 Å². The minimum atomic E-state index is 0. The molecule has 0 aromatic heterocycles. The maximum atomic E-state index is 5.54. The van der Waals surface area contributed by atoms with E-state index in [0.717, 1.165) is 44.3 Å². The average molecular weight is 463 g/mol. The molecule has 6 heteroatoms. The van der Waals surface area contributed by atoms with Gasteiger partial charge in [0, 0.05) is 31.6 Å². The van der Waals surface area contributed by atoms with E-state index in [0.29, 0.717) is 0 Å². The minimum Gasteiger partial charge on any atom is -0.381 e. The number of ether oxygens (including phenoxy) is 1. The first kappa shape index (κ1) is 21.6. The van der Waals surface area contributed by atoms with Crippen LogP contribution in [-0.4, -0.2) is 43.3 Å². The number of thioether (sulfide) groups is 1. The fourth-order valence-electron chi connectivity index (χ4n) is 2.89. The predicted molar refractivity (Wildman–Crippen MR) is 116 cm³/mol. The van der Waals surface area contributed by atoms with Gasteiger partial charge in [0.05, 0.1) is 6.04 Å². The Kier molecular flexibility index (Phi) is 10.1. The lowest BCUT2D eigenvalue weighted by Gasteiger charge is -2.37. The molecule has 1 atom stereocenters. The Labute approximate surface area is 167 Å². The Bertz CT molecular complexity index is 487. The van der Waals surface area contributed by atoms with Crippen molar-refractivity contribution in [3.05, 3.63) is 35.9 Å². The van der Waals surface area contributed by atoms with Crippen molar-refractivity contribution in [3.8, 4) is 0 Å². The number of guanidine groups is 1. The van der Waals surface area contributed by atoms with Crippen molar-refractivity contribution in [2.45, 2.75) is 37.5 Å². The van der Waals surface area contributed by atoms with Gasteiger partial charge in [-0.3, -0.25) is 4.99 Å². The van der Waals surface area contributed by atoms with E-state index < -0.39 is 0 Å². The monoisotopic (exact) mass is 463 g/mol. The number of benzene rings is 1. The maximum absolute atomic E-state index is 5.54. The van der Waals surface area contributed by atoms with Crippen molar-refractivity contribution < 1.29 is 4.74 Å². The molecule has 2 N–H and O–H groups in total. The summed E-state index contributed by atoms with van der Waals surface area (Å²) in [6, 6.07) is 10.7. The lowest BCUT2D eigenvalue weighted by atomic mass is 9.99.